The van der Waals surface area contributed by atoms with Crippen LogP contribution in [0.5, 0.6) is 0 Å². The van der Waals surface area contributed by atoms with Gasteiger partial charge < -0.3 is 4.74 Å². The number of ether oxygens (including phenoxy) is 1. The van der Waals surface area contributed by atoms with Crippen LogP contribution in [0.2, 0.25) is 0 Å². The lowest BCUT2D eigenvalue weighted by Gasteiger charge is -2.04. The van der Waals surface area contributed by atoms with Crippen LogP contribution in [-0.4, -0.2) is 12.6 Å². The summed E-state index contributed by atoms with van der Waals surface area (Å²) in [5.41, 5.74) is 0.564. The number of unbranched alkanes of at least 4 members (excludes halogenated alkanes) is 4. The first-order chi connectivity index (χ1) is 8.35. The smallest absolute Gasteiger partial charge is 0.306 e. The van der Waals surface area contributed by atoms with Crippen molar-refractivity contribution in [3.8, 4) is 0 Å². The fourth-order valence-electron chi connectivity index (χ4n) is 1.18. The van der Waals surface area contributed by atoms with E-state index in [1.807, 2.05) is 0 Å². The average Bonchev–Trinajstić information content (AvgIpc) is 2.24. The fraction of sp³-hybridized carbons (Fsp3) is 0.769. The Morgan fingerprint density at radius 1 is 1.33 bits per heavy atom. The van der Waals surface area contributed by atoms with Crippen LogP contribution in [0, 0.1) is 0 Å². The van der Waals surface area contributed by atoms with Crippen molar-refractivity contribution < 1.29 is 13.6 Å². The van der Waals surface area contributed by atoms with E-state index >= 15 is 0 Å². The first kappa shape index (κ1) is 9.44. The molecule has 0 aromatic carbocycles. The summed E-state index contributed by atoms with van der Waals surface area (Å²) in [5, 5.41) is 0. The predicted octanol–water partition coefficient (Wildman–Crippen LogP) is 3.86. The van der Waals surface area contributed by atoms with Gasteiger partial charge in [-0.05, 0) is 25.8 Å². The van der Waals surface area contributed by atoms with Gasteiger partial charge >= 0.3 is 5.97 Å². The maximum atomic E-state index is 11.4. The Hall–Kier alpha value is -0.790. The third-order valence-electron chi connectivity index (χ3n) is 2.19. The van der Waals surface area contributed by atoms with Crippen molar-refractivity contribution >= 4 is 5.97 Å². The van der Waals surface area contributed by atoms with Crippen molar-refractivity contribution in [1.82, 2.24) is 0 Å². The van der Waals surface area contributed by atoms with Gasteiger partial charge in [-0.1, -0.05) is 38.7 Å². The van der Waals surface area contributed by atoms with Gasteiger partial charge in [0, 0.05) is 10.5 Å². The van der Waals surface area contributed by atoms with Gasteiger partial charge in [0.05, 0.1) is 0 Å². The molecule has 0 bridgehead atoms. The minimum atomic E-state index is -2.10. The van der Waals surface area contributed by atoms with Gasteiger partial charge in [0.2, 0.25) is 0 Å². The second-order valence-corrected chi connectivity index (χ2v) is 3.82. The van der Waals surface area contributed by atoms with E-state index in [-0.39, 0.29) is 12.6 Å². The summed E-state index contributed by atoms with van der Waals surface area (Å²) in [6.07, 6.45) is 7.01. The van der Waals surface area contributed by atoms with Crippen LogP contribution in [0.3, 0.4) is 0 Å². The molecule has 0 N–H and O–H groups in total. The zero-order valence-electron chi connectivity index (χ0n) is 12.8. The maximum Gasteiger partial charge on any atom is 0.306 e. The zero-order valence-corrected chi connectivity index (χ0v) is 9.84. The molecular formula is C13H24O2. The Balaban J connectivity index is 3.68. The molecule has 0 aliphatic rings. The van der Waals surface area contributed by atoms with Crippen LogP contribution in [0.1, 0.15) is 63.3 Å². The molecule has 0 fully saturated rings. The normalized spacial score (nSPS) is 15.3. The highest BCUT2D eigenvalue weighted by Gasteiger charge is 2.02. The highest BCUT2D eigenvalue weighted by atomic mass is 16.5. The molecule has 0 rings (SSSR count). The van der Waals surface area contributed by atoms with E-state index < -0.39 is 6.85 Å². The lowest BCUT2D eigenvalue weighted by Crippen LogP contribution is -2.06. The maximum absolute atomic E-state index is 11.4. The Kier molecular flexibility index (Phi) is 6.14. The summed E-state index contributed by atoms with van der Waals surface area (Å²) in [6.45, 7) is 1.78. The van der Waals surface area contributed by atoms with Crippen LogP contribution in [0.15, 0.2) is 11.6 Å². The van der Waals surface area contributed by atoms with Crippen molar-refractivity contribution in [3.63, 3.8) is 0 Å². The van der Waals surface area contributed by atoms with Gasteiger partial charge in [0.25, 0.3) is 0 Å². The van der Waals surface area contributed by atoms with E-state index in [0.717, 1.165) is 25.3 Å². The highest BCUT2D eigenvalue weighted by Crippen LogP contribution is 2.06. The molecule has 0 unspecified atom stereocenters. The average molecular weight is 215 g/mol. The molecule has 2 nitrogen and oxygen atoms in total. The van der Waals surface area contributed by atoms with E-state index in [2.05, 4.69) is 6.92 Å². The van der Waals surface area contributed by atoms with Crippen LogP contribution in [0.25, 0.3) is 0 Å². The molecule has 0 saturated carbocycles. The van der Waals surface area contributed by atoms with Crippen molar-refractivity contribution in [3.05, 3.63) is 11.6 Å². The summed E-state index contributed by atoms with van der Waals surface area (Å²) in [7, 11) is 0. The molecule has 2 heteroatoms. The minimum absolute atomic E-state index is 0.0756. The number of hydrogen-bond donors (Lipinski definition) is 0. The van der Waals surface area contributed by atoms with Gasteiger partial charge in [0.15, 0.2) is 0 Å². The molecule has 88 valence electrons. The predicted molar refractivity (Wildman–Crippen MR) is 63.8 cm³/mol. The fourth-order valence-corrected chi connectivity index (χ4v) is 1.18. The second kappa shape index (κ2) is 9.75. The van der Waals surface area contributed by atoms with Gasteiger partial charge in [0.1, 0.15) is 6.61 Å². The largest absolute Gasteiger partial charge is 0.461 e. The quantitative estimate of drug-likeness (QED) is 0.349. The Labute approximate surface area is 97.9 Å². The molecule has 0 aromatic heterocycles. The second-order valence-electron chi connectivity index (χ2n) is 3.82. The van der Waals surface area contributed by atoms with E-state index in [4.69, 9.17) is 8.85 Å². The number of allylic oxidation sites excluding steroid dienone is 1. The summed E-state index contributed by atoms with van der Waals surface area (Å²) in [4.78, 5) is 11.4. The molecule has 0 saturated heterocycles. The van der Waals surface area contributed by atoms with E-state index in [1.165, 1.54) is 12.8 Å². The third-order valence-corrected chi connectivity index (χ3v) is 2.19. The van der Waals surface area contributed by atoms with Crippen LogP contribution < -0.4 is 0 Å². The van der Waals surface area contributed by atoms with E-state index in [0.29, 0.717) is 12.0 Å². The number of hydrogen-bond acceptors (Lipinski definition) is 2. The first-order valence-electron chi connectivity index (χ1n) is 7.19. The van der Waals surface area contributed by atoms with Crippen molar-refractivity contribution in [1.29, 1.82) is 0 Å². The molecule has 0 radical (unpaired) electrons. The number of esters is 1. The van der Waals surface area contributed by atoms with Crippen LogP contribution >= 0.6 is 0 Å². The number of carbonyl (C=O) groups excluding carboxylic acids is 1. The van der Waals surface area contributed by atoms with Crippen molar-refractivity contribution in [2.24, 2.45) is 0 Å². The molecule has 0 aromatic rings. The minimum Gasteiger partial charge on any atom is -0.461 e. The molecular weight excluding hydrogens is 188 g/mol. The zero-order chi connectivity index (χ0) is 14.0. The highest BCUT2D eigenvalue weighted by molar-refractivity contribution is 5.69. The summed E-state index contributed by atoms with van der Waals surface area (Å²) < 4.78 is 26.1. The Morgan fingerprint density at radius 2 is 2.07 bits per heavy atom. The summed E-state index contributed by atoms with van der Waals surface area (Å²) in [5.74, 6) is -0.246. The van der Waals surface area contributed by atoms with Gasteiger partial charge in [-0.3, -0.25) is 4.79 Å². The molecule has 0 heterocycles. The van der Waals surface area contributed by atoms with Gasteiger partial charge in [-0.15, -0.1) is 0 Å². The Morgan fingerprint density at radius 3 is 2.73 bits per heavy atom. The standard InChI is InChI=1S/C13H24O2/c1-4-6-7-8-9-10-13(14)15-11-12(3)5-2/h5H,4,6-11H2,1-3H3/b12-5+/i2D3. The van der Waals surface area contributed by atoms with Crippen LogP contribution in [0.4, 0.5) is 0 Å². The monoisotopic (exact) mass is 215 g/mol. The molecule has 0 aliphatic carbocycles. The van der Waals surface area contributed by atoms with Crippen molar-refractivity contribution in [2.75, 3.05) is 6.61 Å². The molecule has 0 atom stereocenters. The Bertz CT molecular complexity index is 270. The summed E-state index contributed by atoms with van der Waals surface area (Å²) in [6, 6.07) is 0. The summed E-state index contributed by atoms with van der Waals surface area (Å²) >= 11 is 0. The topological polar surface area (TPSA) is 26.3 Å². The molecule has 15 heavy (non-hydrogen) atoms. The number of rotatable bonds is 8. The lowest BCUT2D eigenvalue weighted by molar-refractivity contribution is -0.142. The van der Waals surface area contributed by atoms with Gasteiger partial charge in [-0.25, -0.2) is 0 Å². The van der Waals surface area contributed by atoms with E-state index in [9.17, 15) is 4.79 Å². The third kappa shape index (κ3) is 9.51. The lowest BCUT2D eigenvalue weighted by atomic mass is 10.1. The first-order valence-corrected chi connectivity index (χ1v) is 5.69. The molecule has 0 amide bonds. The van der Waals surface area contributed by atoms with E-state index in [1.54, 1.807) is 6.92 Å². The SMILES string of the molecule is [2H]C([2H])([2H])/C=C(\C)COC(=O)CCCCCCC. The molecule has 0 aliphatic heterocycles. The van der Waals surface area contributed by atoms with Crippen molar-refractivity contribution in [2.45, 2.75) is 59.2 Å². The molecule has 0 spiro atoms. The van der Waals surface area contributed by atoms with Gasteiger partial charge in [-0.2, -0.15) is 0 Å². The van der Waals surface area contributed by atoms with Crippen LogP contribution in [-0.2, 0) is 9.53 Å². The number of carbonyl (C=O) groups is 1.